The van der Waals surface area contributed by atoms with Gasteiger partial charge in [-0.2, -0.15) is 8.75 Å². The number of benzene rings is 6. The first-order chi connectivity index (χ1) is 21.8. The molecule has 0 bridgehead atoms. The maximum Gasteiger partial charge on any atom is 0.113 e. The van der Waals surface area contributed by atoms with Gasteiger partial charge in [-0.05, 0) is 95.4 Å². The average molecular weight is 617 g/mol. The van der Waals surface area contributed by atoms with Gasteiger partial charge in [0, 0.05) is 16.2 Å². The maximum absolute atomic E-state index is 4.74. The molecule has 0 aliphatic heterocycles. The quantitative estimate of drug-likeness (QED) is 0.181. The van der Waals surface area contributed by atoms with Gasteiger partial charge in [0.05, 0.1) is 11.7 Å². The van der Waals surface area contributed by atoms with Gasteiger partial charge >= 0.3 is 0 Å². The molecule has 46 heavy (non-hydrogen) atoms. The molecule has 0 N–H and O–H groups in total. The van der Waals surface area contributed by atoms with Crippen molar-refractivity contribution in [3.63, 3.8) is 0 Å². The van der Waals surface area contributed by atoms with Crippen molar-refractivity contribution in [2.75, 3.05) is 0 Å². The van der Waals surface area contributed by atoms with Gasteiger partial charge in [-0.15, -0.1) is 0 Å². The second kappa shape index (κ2) is 9.83. The van der Waals surface area contributed by atoms with Gasteiger partial charge in [0.25, 0.3) is 0 Å². The lowest BCUT2D eigenvalue weighted by atomic mass is 9.78. The van der Waals surface area contributed by atoms with E-state index in [1.807, 2.05) is 0 Å². The van der Waals surface area contributed by atoms with Crippen LogP contribution in [-0.2, 0) is 16.2 Å². The zero-order chi connectivity index (χ0) is 32.2. The second-order valence-corrected chi connectivity index (χ2v) is 16.2. The van der Waals surface area contributed by atoms with Crippen LogP contribution in [-0.4, -0.2) is 8.75 Å². The van der Waals surface area contributed by atoms with Crippen molar-refractivity contribution in [3.8, 4) is 33.4 Å². The van der Waals surface area contributed by atoms with Crippen LogP contribution in [0.2, 0.25) is 0 Å². The van der Waals surface area contributed by atoms with E-state index in [0.717, 1.165) is 16.4 Å². The van der Waals surface area contributed by atoms with Gasteiger partial charge in [0.1, 0.15) is 11.0 Å². The van der Waals surface area contributed by atoms with E-state index < -0.39 is 0 Å². The van der Waals surface area contributed by atoms with Crippen molar-refractivity contribution < 1.29 is 0 Å². The summed E-state index contributed by atoms with van der Waals surface area (Å²) < 4.78 is 9.42. The van der Waals surface area contributed by atoms with Gasteiger partial charge in [0.15, 0.2) is 0 Å². The summed E-state index contributed by atoms with van der Waals surface area (Å²) in [7, 11) is 0. The topological polar surface area (TPSA) is 25.8 Å². The van der Waals surface area contributed by atoms with E-state index in [0.29, 0.717) is 0 Å². The highest BCUT2D eigenvalue weighted by Gasteiger charge is 2.36. The summed E-state index contributed by atoms with van der Waals surface area (Å²) in [6.45, 7) is 18.6. The molecule has 0 spiro atoms. The zero-order valence-electron chi connectivity index (χ0n) is 28.0. The Kier molecular flexibility index (Phi) is 6.22. The summed E-state index contributed by atoms with van der Waals surface area (Å²) in [6, 6.07) is 36.8. The molecule has 0 fully saturated rings. The van der Waals surface area contributed by atoms with Crippen molar-refractivity contribution >= 4 is 44.3 Å². The Hall–Kier alpha value is -4.34. The average Bonchev–Trinajstić information content (AvgIpc) is 3.61. The maximum atomic E-state index is 4.74. The standard InChI is InChI=1S/C43H40N2S/c1-41(2,3)29-19-28(20-30(24-29)42(4,5)6)27-14-17-33-35-21-26(15-18-37(35)43(7,8)38(33)23-27)25-13-16-32-31-11-9-10-12-34(31)39-40(36(32)22-25)45-46-44-39/h9-24H,1-8H3. The highest BCUT2D eigenvalue weighted by molar-refractivity contribution is 7.00. The third kappa shape index (κ3) is 4.43. The highest BCUT2D eigenvalue weighted by Crippen LogP contribution is 2.51. The molecular weight excluding hydrogens is 577 g/mol. The van der Waals surface area contributed by atoms with Gasteiger partial charge in [-0.3, -0.25) is 0 Å². The first kappa shape index (κ1) is 29.1. The van der Waals surface area contributed by atoms with Crippen LogP contribution in [0, 0.1) is 0 Å². The zero-order valence-corrected chi connectivity index (χ0v) is 28.9. The molecule has 7 aromatic rings. The SMILES string of the molecule is CC(C)(C)c1cc(-c2ccc3c(c2)C(C)(C)c2ccc(-c4ccc5c6ccccc6c6nsnc6c5c4)cc2-3)cc(C(C)(C)C)c1. The smallest absolute Gasteiger partial charge is 0.113 e. The van der Waals surface area contributed by atoms with Crippen LogP contribution in [0.3, 0.4) is 0 Å². The Labute approximate surface area is 276 Å². The predicted molar refractivity (Wildman–Crippen MR) is 198 cm³/mol. The molecule has 3 heteroatoms. The molecule has 2 nitrogen and oxygen atoms in total. The van der Waals surface area contributed by atoms with E-state index in [2.05, 4.69) is 157 Å². The third-order valence-corrected chi connectivity index (χ3v) is 10.8. The molecule has 228 valence electrons. The molecule has 6 aromatic carbocycles. The fourth-order valence-electron chi connectivity index (χ4n) is 7.39. The second-order valence-electron chi connectivity index (χ2n) is 15.7. The van der Waals surface area contributed by atoms with Crippen LogP contribution in [0.5, 0.6) is 0 Å². The monoisotopic (exact) mass is 616 g/mol. The Bertz CT molecular complexity index is 2330. The molecule has 0 saturated carbocycles. The largest absolute Gasteiger partial charge is 0.172 e. The Morgan fingerprint density at radius 3 is 1.74 bits per heavy atom. The minimum Gasteiger partial charge on any atom is -0.172 e. The van der Waals surface area contributed by atoms with Crippen LogP contribution in [0.1, 0.15) is 77.6 Å². The van der Waals surface area contributed by atoms with E-state index in [1.165, 1.54) is 83.5 Å². The lowest BCUT2D eigenvalue weighted by molar-refractivity contribution is 0.569. The van der Waals surface area contributed by atoms with Crippen molar-refractivity contribution in [3.05, 3.63) is 119 Å². The molecule has 0 unspecified atom stereocenters. The fourth-order valence-corrected chi connectivity index (χ4v) is 7.97. The van der Waals surface area contributed by atoms with Crippen LogP contribution < -0.4 is 0 Å². The summed E-state index contributed by atoms with van der Waals surface area (Å²) in [6.07, 6.45) is 0. The van der Waals surface area contributed by atoms with Crippen molar-refractivity contribution in [1.82, 2.24) is 8.75 Å². The van der Waals surface area contributed by atoms with Gasteiger partial charge in [-0.25, -0.2) is 0 Å². The molecule has 1 aliphatic rings. The number of rotatable bonds is 2. The molecule has 8 rings (SSSR count). The van der Waals surface area contributed by atoms with Crippen molar-refractivity contribution in [2.24, 2.45) is 0 Å². The summed E-state index contributed by atoms with van der Waals surface area (Å²) in [5.74, 6) is 0. The lowest BCUT2D eigenvalue weighted by Crippen LogP contribution is -2.17. The third-order valence-electron chi connectivity index (χ3n) is 10.2. The van der Waals surface area contributed by atoms with E-state index in [9.17, 15) is 0 Å². The Balaban J connectivity index is 1.25. The van der Waals surface area contributed by atoms with Crippen LogP contribution in [0.15, 0.2) is 97.1 Å². The predicted octanol–water partition coefficient (Wildman–Crippen LogP) is 12.2. The lowest BCUT2D eigenvalue weighted by Gasteiger charge is -2.27. The summed E-state index contributed by atoms with van der Waals surface area (Å²) >= 11 is 1.30. The van der Waals surface area contributed by atoms with Crippen LogP contribution in [0.4, 0.5) is 0 Å². The van der Waals surface area contributed by atoms with Crippen LogP contribution in [0.25, 0.3) is 66.0 Å². The number of hydrogen-bond acceptors (Lipinski definition) is 3. The normalized spacial score (nSPS) is 14.3. The summed E-state index contributed by atoms with van der Waals surface area (Å²) in [5.41, 5.74) is 15.3. The van der Waals surface area contributed by atoms with Gasteiger partial charge in [0.2, 0.25) is 0 Å². The Morgan fingerprint density at radius 1 is 0.478 bits per heavy atom. The van der Waals surface area contributed by atoms with E-state index >= 15 is 0 Å². The highest BCUT2D eigenvalue weighted by atomic mass is 32.1. The molecule has 0 saturated heterocycles. The number of nitrogens with zero attached hydrogens (tertiary/aromatic N) is 2. The van der Waals surface area contributed by atoms with Crippen LogP contribution >= 0.6 is 11.7 Å². The molecule has 0 atom stereocenters. The molecule has 1 aliphatic carbocycles. The molecular formula is C43H40N2S. The minimum atomic E-state index is -0.0889. The minimum absolute atomic E-state index is 0.0796. The first-order valence-corrected chi connectivity index (χ1v) is 17.1. The molecule has 0 radical (unpaired) electrons. The van der Waals surface area contributed by atoms with Gasteiger partial charge < -0.3 is 0 Å². The van der Waals surface area contributed by atoms with Gasteiger partial charge in [-0.1, -0.05) is 134 Å². The van der Waals surface area contributed by atoms with Crippen molar-refractivity contribution in [2.45, 2.75) is 71.6 Å². The van der Waals surface area contributed by atoms with E-state index in [-0.39, 0.29) is 16.2 Å². The number of aromatic nitrogens is 2. The Morgan fingerprint density at radius 2 is 1.04 bits per heavy atom. The van der Waals surface area contributed by atoms with E-state index in [4.69, 9.17) is 4.37 Å². The molecule has 0 amide bonds. The summed E-state index contributed by atoms with van der Waals surface area (Å²) in [5, 5.41) is 4.79. The molecule has 1 aromatic heterocycles. The fraction of sp³-hybridized carbons (Fsp3) is 0.256. The summed E-state index contributed by atoms with van der Waals surface area (Å²) in [4.78, 5) is 0. The van der Waals surface area contributed by atoms with E-state index in [1.54, 1.807) is 0 Å². The van der Waals surface area contributed by atoms with Crippen molar-refractivity contribution in [1.29, 1.82) is 0 Å². The number of hydrogen-bond donors (Lipinski definition) is 0. The first-order valence-electron chi connectivity index (χ1n) is 16.3. The number of fused-ring (bicyclic) bond motifs is 9. The molecule has 1 heterocycles.